The minimum Gasteiger partial charge on any atom is -0.493 e. The molecule has 2 rings (SSSR count). The number of amides is 1. The van der Waals surface area contributed by atoms with Gasteiger partial charge in [0.05, 0.1) is 26.6 Å². The molecule has 1 aromatic rings. The summed E-state index contributed by atoms with van der Waals surface area (Å²) in [6, 6.07) is 5.08. The van der Waals surface area contributed by atoms with Crippen molar-refractivity contribution in [2.75, 3.05) is 20.8 Å². The molecule has 0 spiro atoms. The van der Waals surface area contributed by atoms with Crippen molar-refractivity contribution < 1.29 is 24.2 Å². The van der Waals surface area contributed by atoms with Gasteiger partial charge in [-0.25, -0.2) is 0 Å². The molecule has 0 aromatic heterocycles. The molecule has 1 amide bonds. The number of carboxylic acid groups (broad SMARTS) is 1. The van der Waals surface area contributed by atoms with Crippen molar-refractivity contribution in [3.63, 3.8) is 0 Å². The first-order valence-electron chi connectivity index (χ1n) is 7.71. The van der Waals surface area contributed by atoms with E-state index >= 15 is 0 Å². The fourth-order valence-corrected chi connectivity index (χ4v) is 3.09. The van der Waals surface area contributed by atoms with Gasteiger partial charge in [-0.3, -0.25) is 9.59 Å². The Morgan fingerprint density at radius 3 is 2.57 bits per heavy atom. The summed E-state index contributed by atoms with van der Waals surface area (Å²) in [5.41, 5.74) is 0.817. The first-order valence-corrected chi connectivity index (χ1v) is 7.71. The lowest BCUT2D eigenvalue weighted by Gasteiger charge is -2.37. The van der Waals surface area contributed by atoms with E-state index in [-0.39, 0.29) is 18.4 Å². The molecule has 126 valence electrons. The zero-order valence-corrected chi connectivity index (χ0v) is 13.7. The van der Waals surface area contributed by atoms with Gasteiger partial charge in [0.2, 0.25) is 5.91 Å². The van der Waals surface area contributed by atoms with E-state index in [1.165, 1.54) is 0 Å². The van der Waals surface area contributed by atoms with Crippen molar-refractivity contribution in [1.82, 2.24) is 4.90 Å². The predicted octanol–water partition coefficient (Wildman–Crippen LogP) is 1.96. The summed E-state index contributed by atoms with van der Waals surface area (Å²) >= 11 is 0. The van der Waals surface area contributed by atoms with Crippen LogP contribution in [0, 0.1) is 5.92 Å². The van der Waals surface area contributed by atoms with Crippen molar-refractivity contribution in [3.05, 3.63) is 23.8 Å². The number of rotatable bonds is 5. The number of nitrogens with zero attached hydrogens (tertiary/aromatic N) is 1. The van der Waals surface area contributed by atoms with Crippen LogP contribution < -0.4 is 9.47 Å². The van der Waals surface area contributed by atoms with Crippen molar-refractivity contribution in [3.8, 4) is 11.5 Å². The van der Waals surface area contributed by atoms with Crippen molar-refractivity contribution in [1.29, 1.82) is 0 Å². The van der Waals surface area contributed by atoms with E-state index in [1.807, 2.05) is 13.0 Å². The zero-order chi connectivity index (χ0) is 17.0. The molecule has 1 aliphatic heterocycles. The Kier molecular flexibility index (Phi) is 5.47. The van der Waals surface area contributed by atoms with E-state index in [2.05, 4.69) is 0 Å². The van der Waals surface area contributed by atoms with Crippen molar-refractivity contribution in [2.45, 2.75) is 32.2 Å². The van der Waals surface area contributed by atoms with Gasteiger partial charge in [-0.1, -0.05) is 6.07 Å². The molecule has 6 nitrogen and oxygen atoms in total. The Morgan fingerprint density at radius 2 is 1.96 bits per heavy atom. The van der Waals surface area contributed by atoms with Gasteiger partial charge in [0.15, 0.2) is 11.5 Å². The number of hydrogen-bond donors (Lipinski definition) is 1. The average Bonchev–Trinajstić information content (AvgIpc) is 2.54. The van der Waals surface area contributed by atoms with E-state index < -0.39 is 11.9 Å². The fraction of sp³-hybridized carbons (Fsp3) is 0.529. The Morgan fingerprint density at radius 1 is 1.26 bits per heavy atom. The first kappa shape index (κ1) is 17.1. The maximum atomic E-state index is 12.6. The van der Waals surface area contributed by atoms with Crippen LogP contribution in [0.1, 0.15) is 25.3 Å². The first-order chi connectivity index (χ1) is 11.0. The summed E-state index contributed by atoms with van der Waals surface area (Å²) in [6.45, 7) is 2.42. The van der Waals surface area contributed by atoms with Gasteiger partial charge in [0.1, 0.15) is 0 Å². The molecule has 1 fully saturated rings. The topological polar surface area (TPSA) is 76.1 Å². The summed E-state index contributed by atoms with van der Waals surface area (Å²) in [5, 5.41) is 9.26. The number of benzene rings is 1. The monoisotopic (exact) mass is 321 g/mol. The summed E-state index contributed by atoms with van der Waals surface area (Å²) in [7, 11) is 3.11. The normalized spacial score (nSPS) is 20.9. The standard InChI is InChI=1S/C17H23NO5/c1-11-13(17(20)21)5-4-8-18(11)16(19)10-12-6-7-14(22-2)15(9-12)23-3/h6-7,9,11,13H,4-5,8,10H2,1-3H3,(H,20,21)/t11-,13-/m0/s1. The summed E-state index contributed by atoms with van der Waals surface area (Å²) in [6.07, 6.45) is 1.56. The van der Waals surface area contributed by atoms with Crippen LogP contribution in [0.4, 0.5) is 0 Å². The maximum absolute atomic E-state index is 12.6. The lowest BCUT2D eigenvalue weighted by molar-refractivity contribution is -0.148. The minimum absolute atomic E-state index is 0.0596. The van der Waals surface area contributed by atoms with Crippen LogP contribution in [0.15, 0.2) is 18.2 Å². The summed E-state index contributed by atoms with van der Waals surface area (Å²) in [5.74, 6) is -0.191. The predicted molar refractivity (Wildman–Crippen MR) is 84.8 cm³/mol. The van der Waals surface area contributed by atoms with Crippen LogP contribution in [-0.4, -0.2) is 48.7 Å². The smallest absolute Gasteiger partial charge is 0.308 e. The number of carboxylic acids is 1. The van der Waals surface area contributed by atoms with E-state index in [0.717, 1.165) is 12.0 Å². The van der Waals surface area contributed by atoms with Crippen LogP contribution in [0.3, 0.4) is 0 Å². The number of likely N-dealkylation sites (tertiary alicyclic amines) is 1. The third kappa shape index (κ3) is 3.75. The Labute approximate surface area is 136 Å². The SMILES string of the molecule is COc1ccc(CC(=O)N2CCC[C@H](C(=O)O)[C@@H]2C)cc1OC. The number of carbonyl (C=O) groups excluding carboxylic acids is 1. The van der Waals surface area contributed by atoms with Crippen molar-refractivity contribution >= 4 is 11.9 Å². The molecule has 6 heteroatoms. The molecule has 0 bridgehead atoms. The van der Waals surface area contributed by atoms with Gasteiger partial charge in [-0.05, 0) is 37.5 Å². The van der Waals surface area contributed by atoms with E-state index in [1.54, 1.807) is 31.3 Å². The van der Waals surface area contributed by atoms with Crippen LogP contribution in [0.5, 0.6) is 11.5 Å². The number of ether oxygens (including phenoxy) is 2. The number of carbonyl (C=O) groups is 2. The van der Waals surface area contributed by atoms with E-state index in [9.17, 15) is 14.7 Å². The van der Waals surface area contributed by atoms with E-state index in [4.69, 9.17) is 9.47 Å². The molecule has 0 unspecified atom stereocenters. The van der Waals surface area contributed by atoms with Crippen LogP contribution in [0.25, 0.3) is 0 Å². The van der Waals surface area contributed by atoms with Crippen LogP contribution >= 0.6 is 0 Å². The average molecular weight is 321 g/mol. The number of aliphatic carboxylic acids is 1. The molecular weight excluding hydrogens is 298 g/mol. The molecule has 0 saturated carbocycles. The Balaban J connectivity index is 2.10. The second kappa shape index (κ2) is 7.35. The van der Waals surface area contributed by atoms with Gasteiger partial charge >= 0.3 is 5.97 Å². The molecule has 1 N–H and O–H groups in total. The highest BCUT2D eigenvalue weighted by Crippen LogP contribution is 2.29. The molecule has 2 atom stereocenters. The Hall–Kier alpha value is -2.24. The van der Waals surface area contributed by atoms with Gasteiger partial charge in [0, 0.05) is 12.6 Å². The van der Waals surface area contributed by atoms with Crippen LogP contribution in [0.2, 0.25) is 0 Å². The second-order valence-electron chi connectivity index (χ2n) is 5.78. The third-order valence-electron chi connectivity index (χ3n) is 4.43. The number of piperidine rings is 1. The quantitative estimate of drug-likeness (QED) is 0.897. The molecule has 0 aliphatic carbocycles. The third-order valence-corrected chi connectivity index (χ3v) is 4.43. The summed E-state index contributed by atoms with van der Waals surface area (Å²) in [4.78, 5) is 25.5. The summed E-state index contributed by atoms with van der Waals surface area (Å²) < 4.78 is 10.4. The molecule has 1 heterocycles. The second-order valence-corrected chi connectivity index (χ2v) is 5.78. The molecule has 1 aromatic carbocycles. The van der Waals surface area contributed by atoms with Crippen LogP contribution in [-0.2, 0) is 16.0 Å². The highest BCUT2D eigenvalue weighted by molar-refractivity contribution is 5.81. The molecule has 1 aliphatic rings. The van der Waals surface area contributed by atoms with Gasteiger partial charge in [-0.15, -0.1) is 0 Å². The largest absolute Gasteiger partial charge is 0.493 e. The van der Waals surface area contributed by atoms with Gasteiger partial charge in [-0.2, -0.15) is 0 Å². The highest BCUT2D eigenvalue weighted by Gasteiger charge is 2.35. The van der Waals surface area contributed by atoms with Gasteiger partial charge in [0.25, 0.3) is 0 Å². The molecular formula is C17H23NO5. The highest BCUT2D eigenvalue weighted by atomic mass is 16.5. The minimum atomic E-state index is -0.832. The molecule has 0 radical (unpaired) electrons. The molecule has 23 heavy (non-hydrogen) atoms. The number of methoxy groups -OCH3 is 2. The fourth-order valence-electron chi connectivity index (χ4n) is 3.09. The zero-order valence-electron chi connectivity index (χ0n) is 13.7. The van der Waals surface area contributed by atoms with E-state index in [0.29, 0.717) is 24.5 Å². The lowest BCUT2D eigenvalue weighted by Crippen LogP contribution is -2.49. The number of hydrogen-bond acceptors (Lipinski definition) is 4. The lowest BCUT2D eigenvalue weighted by atomic mass is 9.90. The van der Waals surface area contributed by atoms with Gasteiger partial charge < -0.3 is 19.5 Å². The Bertz CT molecular complexity index is 586. The van der Waals surface area contributed by atoms with Crippen molar-refractivity contribution in [2.24, 2.45) is 5.92 Å². The maximum Gasteiger partial charge on any atom is 0.308 e. The molecule has 1 saturated heterocycles.